The van der Waals surface area contributed by atoms with Crippen LogP contribution in [-0.4, -0.2) is 11.6 Å². The highest BCUT2D eigenvalue weighted by molar-refractivity contribution is 6.17. The molecule has 0 saturated carbocycles. The zero-order valence-electron chi connectivity index (χ0n) is 16.4. The Morgan fingerprint density at radius 2 is 0.867 bits per heavy atom. The number of rotatable bonds is 5. The molecule has 144 valence electrons. The molecule has 1 aliphatic rings. The van der Waals surface area contributed by atoms with Gasteiger partial charge in [-0.05, 0) is 22.3 Å². The zero-order chi connectivity index (χ0) is 20.5. The van der Waals surface area contributed by atoms with E-state index in [1.165, 1.54) is 0 Å². The van der Waals surface area contributed by atoms with Crippen molar-refractivity contribution in [1.82, 2.24) is 0 Å². The number of hydrogen-bond acceptors (Lipinski definition) is 2. The minimum absolute atomic E-state index is 0.138. The lowest BCUT2D eigenvalue weighted by Crippen LogP contribution is -2.30. The molecule has 0 spiro atoms. The number of ketones is 2. The van der Waals surface area contributed by atoms with Crippen molar-refractivity contribution in [2.75, 3.05) is 0 Å². The lowest BCUT2D eigenvalue weighted by Gasteiger charge is -2.24. The van der Waals surface area contributed by atoms with Crippen molar-refractivity contribution in [3.63, 3.8) is 0 Å². The second kappa shape index (κ2) is 7.57. The maximum Gasteiger partial charge on any atom is 0.174 e. The van der Waals surface area contributed by atoms with E-state index in [2.05, 4.69) is 12.1 Å². The van der Waals surface area contributed by atoms with E-state index in [1.54, 1.807) is 24.3 Å². The van der Waals surface area contributed by atoms with Crippen molar-refractivity contribution in [2.24, 2.45) is 5.92 Å². The largest absolute Gasteiger partial charge is 0.293 e. The van der Waals surface area contributed by atoms with Gasteiger partial charge in [0.25, 0.3) is 0 Å². The van der Waals surface area contributed by atoms with Gasteiger partial charge in [-0.25, -0.2) is 0 Å². The Bertz CT molecular complexity index is 1130. The smallest absolute Gasteiger partial charge is 0.174 e. The summed E-state index contributed by atoms with van der Waals surface area (Å²) in [5.41, 5.74) is 5.41. The topological polar surface area (TPSA) is 34.1 Å². The third-order valence-corrected chi connectivity index (χ3v) is 5.90. The predicted octanol–water partition coefficient (Wildman–Crippen LogP) is 6.18. The van der Waals surface area contributed by atoms with Crippen molar-refractivity contribution in [3.05, 3.63) is 131 Å². The highest BCUT2D eigenvalue weighted by atomic mass is 16.2. The summed E-state index contributed by atoms with van der Waals surface area (Å²) in [7, 11) is 0. The number of fused-ring (bicyclic) bond motifs is 3. The summed E-state index contributed by atoms with van der Waals surface area (Å²) in [5, 5.41) is 0. The van der Waals surface area contributed by atoms with Gasteiger partial charge >= 0.3 is 0 Å². The number of carbonyl (C=O) groups excluding carboxylic acids is 2. The summed E-state index contributed by atoms with van der Waals surface area (Å²) >= 11 is 0. The summed E-state index contributed by atoms with van der Waals surface area (Å²) in [5.74, 6) is -1.40. The molecule has 0 amide bonds. The van der Waals surface area contributed by atoms with Crippen molar-refractivity contribution in [3.8, 4) is 11.1 Å². The molecule has 5 rings (SSSR count). The summed E-state index contributed by atoms with van der Waals surface area (Å²) < 4.78 is 0. The summed E-state index contributed by atoms with van der Waals surface area (Å²) in [4.78, 5) is 27.5. The molecular formula is C28H20O2. The van der Waals surface area contributed by atoms with Crippen LogP contribution in [0, 0.1) is 5.92 Å². The fourth-order valence-corrected chi connectivity index (χ4v) is 4.54. The first-order valence-electron chi connectivity index (χ1n) is 10.1. The molecule has 2 nitrogen and oxygen atoms in total. The SMILES string of the molecule is O=C(c1ccccc1)C(C(=O)c1ccccc1)C1c2ccccc2-c2ccccc21. The van der Waals surface area contributed by atoms with Crippen LogP contribution in [0.4, 0.5) is 0 Å². The Balaban J connectivity index is 1.71. The van der Waals surface area contributed by atoms with Crippen molar-refractivity contribution in [2.45, 2.75) is 5.92 Å². The van der Waals surface area contributed by atoms with E-state index in [1.807, 2.05) is 72.8 Å². The van der Waals surface area contributed by atoms with Gasteiger partial charge in [-0.1, -0.05) is 109 Å². The van der Waals surface area contributed by atoms with Crippen LogP contribution in [-0.2, 0) is 0 Å². The van der Waals surface area contributed by atoms with Gasteiger partial charge in [0.15, 0.2) is 11.6 Å². The van der Waals surface area contributed by atoms with E-state index < -0.39 is 5.92 Å². The number of hydrogen-bond donors (Lipinski definition) is 0. The van der Waals surface area contributed by atoms with Gasteiger partial charge in [0.2, 0.25) is 0 Å². The third kappa shape index (κ3) is 2.98. The first-order valence-corrected chi connectivity index (χ1v) is 10.1. The second-order valence-corrected chi connectivity index (χ2v) is 7.59. The van der Waals surface area contributed by atoms with Crippen LogP contribution in [0.25, 0.3) is 11.1 Å². The van der Waals surface area contributed by atoms with Crippen molar-refractivity contribution >= 4 is 11.6 Å². The molecule has 0 N–H and O–H groups in total. The third-order valence-electron chi connectivity index (χ3n) is 5.90. The quantitative estimate of drug-likeness (QED) is 0.302. The van der Waals surface area contributed by atoms with E-state index in [-0.39, 0.29) is 17.5 Å². The fraction of sp³-hybridized carbons (Fsp3) is 0.0714. The first-order chi connectivity index (χ1) is 14.8. The van der Waals surface area contributed by atoms with Crippen molar-refractivity contribution in [1.29, 1.82) is 0 Å². The van der Waals surface area contributed by atoms with Crippen LogP contribution in [0.5, 0.6) is 0 Å². The second-order valence-electron chi connectivity index (χ2n) is 7.59. The molecular weight excluding hydrogens is 368 g/mol. The average molecular weight is 388 g/mol. The molecule has 0 radical (unpaired) electrons. The molecule has 0 bridgehead atoms. The Morgan fingerprint density at radius 1 is 0.500 bits per heavy atom. The van der Waals surface area contributed by atoms with Gasteiger partial charge in [-0.2, -0.15) is 0 Å². The highest BCUT2D eigenvalue weighted by Crippen LogP contribution is 2.49. The maximum absolute atomic E-state index is 13.7. The van der Waals surface area contributed by atoms with Gasteiger partial charge in [0.1, 0.15) is 0 Å². The molecule has 0 unspecified atom stereocenters. The minimum atomic E-state index is -0.820. The highest BCUT2D eigenvalue weighted by Gasteiger charge is 2.42. The van der Waals surface area contributed by atoms with Crippen molar-refractivity contribution < 1.29 is 9.59 Å². The maximum atomic E-state index is 13.7. The Hall–Kier alpha value is -3.78. The standard InChI is InChI=1S/C28H20O2/c29-27(19-11-3-1-4-12-19)26(28(30)20-13-5-2-6-14-20)25-23-17-9-7-15-21(23)22-16-8-10-18-24(22)25/h1-18,25-26H. The zero-order valence-corrected chi connectivity index (χ0v) is 16.4. The van der Waals surface area contributed by atoms with E-state index in [0.717, 1.165) is 22.3 Å². The molecule has 30 heavy (non-hydrogen) atoms. The molecule has 0 saturated heterocycles. The van der Waals surface area contributed by atoms with E-state index in [9.17, 15) is 9.59 Å². The van der Waals surface area contributed by atoms with E-state index in [4.69, 9.17) is 0 Å². The van der Waals surface area contributed by atoms with E-state index >= 15 is 0 Å². The minimum Gasteiger partial charge on any atom is -0.293 e. The summed E-state index contributed by atoms with van der Waals surface area (Å²) in [6.45, 7) is 0. The van der Waals surface area contributed by atoms with Gasteiger partial charge in [-0.15, -0.1) is 0 Å². The predicted molar refractivity (Wildman–Crippen MR) is 119 cm³/mol. The lowest BCUT2D eigenvalue weighted by atomic mass is 9.76. The molecule has 0 atom stereocenters. The average Bonchev–Trinajstić information content (AvgIpc) is 3.15. The molecule has 0 heterocycles. The lowest BCUT2D eigenvalue weighted by molar-refractivity contribution is 0.0794. The number of benzene rings is 4. The Kier molecular flexibility index (Phi) is 4.61. The van der Waals surface area contributed by atoms with Gasteiger partial charge in [0.05, 0.1) is 5.92 Å². The van der Waals surface area contributed by atoms with Crippen LogP contribution in [0.3, 0.4) is 0 Å². The van der Waals surface area contributed by atoms with Gasteiger partial charge < -0.3 is 0 Å². The molecule has 4 aromatic carbocycles. The van der Waals surface area contributed by atoms with Crippen LogP contribution in [0.2, 0.25) is 0 Å². The molecule has 1 aliphatic carbocycles. The molecule has 0 aliphatic heterocycles. The molecule has 0 fully saturated rings. The van der Waals surface area contributed by atoms with Crippen LogP contribution >= 0.6 is 0 Å². The van der Waals surface area contributed by atoms with E-state index in [0.29, 0.717) is 11.1 Å². The Morgan fingerprint density at radius 3 is 1.30 bits per heavy atom. The molecule has 2 heteroatoms. The van der Waals surface area contributed by atoms with Crippen LogP contribution < -0.4 is 0 Å². The van der Waals surface area contributed by atoms with Gasteiger partial charge in [-0.3, -0.25) is 9.59 Å². The monoisotopic (exact) mass is 388 g/mol. The number of Topliss-reactive ketones (excluding diaryl/α,β-unsaturated/α-hetero) is 2. The normalized spacial score (nSPS) is 12.4. The van der Waals surface area contributed by atoms with Crippen LogP contribution in [0.15, 0.2) is 109 Å². The number of carbonyl (C=O) groups is 2. The van der Waals surface area contributed by atoms with Crippen LogP contribution in [0.1, 0.15) is 37.8 Å². The Labute approximate surface area is 175 Å². The summed E-state index contributed by atoms with van der Waals surface area (Å²) in [6.07, 6.45) is 0. The summed E-state index contributed by atoms with van der Waals surface area (Å²) in [6, 6.07) is 34.5. The molecule has 4 aromatic rings. The van der Waals surface area contributed by atoms with Gasteiger partial charge in [0, 0.05) is 17.0 Å². The molecule has 0 aromatic heterocycles. The fourth-order valence-electron chi connectivity index (χ4n) is 4.54. The first kappa shape index (κ1) is 18.3.